The molecule has 1 aliphatic heterocycles. The van der Waals surface area contributed by atoms with Crippen LogP contribution in [-0.2, 0) is 16.4 Å². The van der Waals surface area contributed by atoms with E-state index in [9.17, 15) is 8.42 Å². The van der Waals surface area contributed by atoms with Crippen LogP contribution in [0.4, 0.5) is 5.82 Å². The number of thiophene rings is 1. The third-order valence-corrected chi connectivity index (χ3v) is 8.93. The molecule has 5 rings (SSSR count). The molecule has 0 aliphatic carbocycles. The van der Waals surface area contributed by atoms with Gasteiger partial charge in [-0.1, -0.05) is 30.3 Å². The highest BCUT2D eigenvalue weighted by atomic mass is 32.2. The van der Waals surface area contributed by atoms with Crippen molar-refractivity contribution >= 4 is 38.3 Å². The molecule has 0 atom stereocenters. The van der Waals surface area contributed by atoms with Gasteiger partial charge in [0.15, 0.2) is 17.0 Å². The number of hydrogen-bond acceptors (Lipinski definition) is 8. The molecule has 0 amide bonds. The van der Waals surface area contributed by atoms with Crippen LogP contribution in [0, 0.1) is 0 Å². The molecule has 1 aliphatic rings. The van der Waals surface area contributed by atoms with Gasteiger partial charge in [0.2, 0.25) is 0 Å². The molecule has 1 aromatic carbocycles. The molecular formula is C20H21N7O2S2. The first-order valence-electron chi connectivity index (χ1n) is 10.0. The van der Waals surface area contributed by atoms with Gasteiger partial charge in [-0.25, -0.2) is 18.4 Å². The van der Waals surface area contributed by atoms with Crippen molar-refractivity contribution in [2.24, 2.45) is 0 Å². The summed E-state index contributed by atoms with van der Waals surface area (Å²) in [4.78, 5) is 11.9. The van der Waals surface area contributed by atoms with Gasteiger partial charge in [0, 0.05) is 31.1 Å². The van der Waals surface area contributed by atoms with E-state index in [4.69, 9.17) is 0 Å². The van der Waals surface area contributed by atoms with Crippen LogP contribution in [0.5, 0.6) is 0 Å². The second kappa shape index (κ2) is 7.98. The fraction of sp³-hybridized carbons (Fsp3) is 0.300. The van der Waals surface area contributed by atoms with Gasteiger partial charge < -0.3 is 4.90 Å². The number of anilines is 1. The van der Waals surface area contributed by atoms with Gasteiger partial charge in [-0.3, -0.25) is 0 Å². The number of benzene rings is 1. The molecule has 3 aromatic heterocycles. The van der Waals surface area contributed by atoms with E-state index in [1.165, 1.54) is 17.7 Å². The Morgan fingerprint density at radius 2 is 1.77 bits per heavy atom. The molecule has 0 N–H and O–H groups in total. The van der Waals surface area contributed by atoms with E-state index in [0.717, 1.165) is 17.0 Å². The Morgan fingerprint density at radius 1 is 1.00 bits per heavy atom. The molecule has 1 saturated heterocycles. The van der Waals surface area contributed by atoms with Crippen LogP contribution in [0.25, 0.3) is 16.9 Å². The maximum absolute atomic E-state index is 13.0. The number of sulfonamides is 1. The number of aryl methyl sites for hydroxylation is 1. The van der Waals surface area contributed by atoms with E-state index in [-0.39, 0.29) is 0 Å². The average Bonchev–Trinajstić information content (AvgIpc) is 3.47. The van der Waals surface area contributed by atoms with E-state index in [0.29, 0.717) is 47.4 Å². The van der Waals surface area contributed by atoms with Crippen LogP contribution >= 0.6 is 11.3 Å². The summed E-state index contributed by atoms with van der Waals surface area (Å²) in [5, 5.41) is 8.57. The summed E-state index contributed by atoms with van der Waals surface area (Å²) in [6, 6.07) is 13.3. The molecule has 11 heteroatoms. The molecule has 4 aromatic rings. The van der Waals surface area contributed by atoms with Crippen LogP contribution in [0.3, 0.4) is 0 Å². The summed E-state index contributed by atoms with van der Waals surface area (Å²) in [6.07, 6.45) is 2.34. The third kappa shape index (κ3) is 3.58. The van der Waals surface area contributed by atoms with Crippen molar-refractivity contribution in [2.75, 3.05) is 31.1 Å². The number of rotatable bonds is 5. The summed E-state index contributed by atoms with van der Waals surface area (Å²) in [5.41, 5.74) is 2.10. The molecule has 4 heterocycles. The number of aromatic nitrogens is 5. The fourth-order valence-electron chi connectivity index (χ4n) is 3.67. The predicted octanol–water partition coefficient (Wildman–Crippen LogP) is 2.35. The van der Waals surface area contributed by atoms with Crippen LogP contribution in [-0.4, -0.2) is 63.9 Å². The molecule has 31 heavy (non-hydrogen) atoms. The topological polar surface area (TPSA) is 97.1 Å². The van der Waals surface area contributed by atoms with Crippen molar-refractivity contribution < 1.29 is 8.42 Å². The normalized spacial score (nSPS) is 15.6. The SMILES string of the molecule is CCc1ccc(S(=O)(=O)N2CCN(c3ncnc4c3nnn4-c3ccccc3)CC2)s1. The quantitative estimate of drug-likeness (QED) is 0.456. The zero-order valence-electron chi connectivity index (χ0n) is 16.9. The van der Waals surface area contributed by atoms with Crippen LogP contribution in [0.15, 0.2) is 53.0 Å². The summed E-state index contributed by atoms with van der Waals surface area (Å²) in [7, 11) is -3.47. The van der Waals surface area contributed by atoms with Gasteiger partial charge in [0.1, 0.15) is 10.5 Å². The number of nitrogens with zero attached hydrogens (tertiary/aromatic N) is 7. The second-order valence-electron chi connectivity index (χ2n) is 7.17. The lowest BCUT2D eigenvalue weighted by Crippen LogP contribution is -2.48. The lowest BCUT2D eigenvalue weighted by Gasteiger charge is -2.34. The highest BCUT2D eigenvalue weighted by Crippen LogP contribution is 2.28. The van der Waals surface area contributed by atoms with Crippen LogP contribution in [0.2, 0.25) is 0 Å². The molecule has 0 spiro atoms. The van der Waals surface area contributed by atoms with Crippen molar-refractivity contribution in [1.29, 1.82) is 0 Å². The van der Waals surface area contributed by atoms with E-state index in [1.807, 2.05) is 48.2 Å². The monoisotopic (exact) mass is 455 g/mol. The summed E-state index contributed by atoms with van der Waals surface area (Å²) in [5.74, 6) is 0.675. The molecule has 0 radical (unpaired) electrons. The number of piperazine rings is 1. The Morgan fingerprint density at radius 3 is 2.48 bits per heavy atom. The van der Waals surface area contributed by atoms with Gasteiger partial charge in [-0.2, -0.15) is 8.99 Å². The summed E-state index contributed by atoms with van der Waals surface area (Å²) >= 11 is 1.35. The molecule has 1 fully saturated rings. The first kappa shape index (κ1) is 20.0. The van der Waals surface area contributed by atoms with Crippen molar-refractivity contribution in [3.8, 4) is 5.69 Å². The highest BCUT2D eigenvalue weighted by Gasteiger charge is 2.31. The molecular weight excluding hydrogens is 434 g/mol. The predicted molar refractivity (Wildman–Crippen MR) is 119 cm³/mol. The van der Waals surface area contributed by atoms with Crippen molar-refractivity contribution in [2.45, 2.75) is 17.6 Å². The minimum absolute atomic E-state index is 0.389. The lowest BCUT2D eigenvalue weighted by atomic mass is 10.3. The maximum Gasteiger partial charge on any atom is 0.252 e. The Kier molecular flexibility index (Phi) is 5.16. The van der Waals surface area contributed by atoms with Gasteiger partial charge in [-0.05, 0) is 30.7 Å². The van der Waals surface area contributed by atoms with E-state index < -0.39 is 10.0 Å². The second-order valence-corrected chi connectivity index (χ2v) is 10.5. The largest absolute Gasteiger partial charge is 0.352 e. The van der Waals surface area contributed by atoms with E-state index in [2.05, 4.69) is 20.3 Å². The minimum Gasteiger partial charge on any atom is -0.352 e. The first-order chi connectivity index (χ1) is 15.1. The van der Waals surface area contributed by atoms with E-state index in [1.54, 1.807) is 15.1 Å². The highest BCUT2D eigenvalue weighted by molar-refractivity contribution is 7.91. The van der Waals surface area contributed by atoms with Gasteiger partial charge >= 0.3 is 0 Å². The number of para-hydroxylation sites is 1. The maximum atomic E-state index is 13.0. The number of hydrogen-bond donors (Lipinski definition) is 0. The Bertz CT molecular complexity index is 1310. The average molecular weight is 456 g/mol. The van der Waals surface area contributed by atoms with Crippen molar-refractivity contribution in [1.82, 2.24) is 29.3 Å². The fourth-order valence-corrected chi connectivity index (χ4v) is 6.54. The van der Waals surface area contributed by atoms with Crippen LogP contribution in [0.1, 0.15) is 11.8 Å². The van der Waals surface area contributed by atoms with Gasteiger partial charge in [0.05, 0.1) is 5.69 Å². The third-order valence-electron chi connectivity index (χ3n) is 5.34. The van der Waals surface area contributed by atoms with Gasteiger partial charge in [-0.15, -0.1) is 16.4 Å². The Balaban J connectivity index is 1.38. The number of fused-ring (bicyclic) bond motifs is 1. The van der Waals surface area contributed by atoms with Crippen molar-refractivity contribution in [3.63, 3.8) is 0 Å². The molecule has 160 valence electrons. The van der Waals surface area contributed by atoms with E-state index >= 15 is 0 Å². The standard InChI is InChI=1S/C20H21N7O2S2/c1-2-16-8-9-17(30-16)31(28,29)26-12-10-25(11-13-26)19-18-20(22-14-21-19)27(24-23-18)15-6-4-3-5-7-15/h3-9,14H,2,10-13H2,1H3. The molecule has 0 saturated carbocycles. The molecule has 9 nitrogen and oxygen atoms in total. The lowest BCUT2D eigenvalue weighted by molar-refractivity contribution is 0.385. The first-order valence-corrected chi connectivity index (χ1v) is 12.3. The molecule has 0 unspecified atom stereocenters. The zero-order chi connectivity index (χ0) is 21.4. The Hall–Kier alpha value is -2.89. The van der Waals surface area contributed by atoms with Crippen molar-refractivity contribution in [3.05, 3.63) is 53.7 Å². The minimum atomic E-state index is -3.47. The van der Waals surface area contributed by atoms with Gasteiger partial charge in [0.25, 0.3) is 10.0 Å². The van der Waals surface area contributed by atoms with Crippen LogP contribution < -0.4 is 4.90 Å². The smallest absolute Gasteiger partial charge is 0.252 e. The molecule has 0 bridgehead atoms. The Labute approximate surface area is 184 Å². The summed E-state index contributed by atoms with van der Waals surface area (Å²) in [6.45, 7) is 3.85. The zero-order valence-corrected chi connectivity index (χ0v) is 18.6. The summed E-state index contributed by atoms with van der Waals surface area (Å²) < 4.78 is 29.6.